The Morgan fingerprint density at radius 3 is 2.60 bits per heavy atom. The molecule has 0 aromatic carbocycles. The molecule has 2 aliphatic rings. The van der Waals surface area contributed by atoms with Crippen LogP contribution in [0.5, 0.6) is 0 Å². The van der Waals surface area contributed by atoms with Crippen molar-refractivity contribution < 1.29 is 24.2 Å². The summed E-state index contributed by atoms with van der Waals surface area (Å²) < 4.78 is 5.98. The number of likely N-dealkylation sites (N-methyl/N-ethyl adjacent to an activating group) is 1. The first-order chi connectivity index (χ1) is 21.5. The molecular formula is C36H54N4O5. The number of amides is 4. The molecule has 0 heterocycles. The Bertz CT molecular complexity index is 1180. The van der Waals surface area contributed by atoms with Gasteiger partial charge >= 0.3 is 6.03 Å². The first-order valence-electron chi connectivity index (χ1n) is 16.1. The van der Waals surface area contributed by atoms with Gasteiger partial charge in [-0.3, -0.25) is 9.59 Å². The molecule has 4 N–H and O–H groups in total. The van der Waals surface area contributed by atoms with E-state index in [4.69, 9.17) is 4.74 Å². The Balaban J connectivity index is 2.23. The molecule has 0 spiro atoms. The van der Waals surface area contributed by atoms with E-state index < -0.39 is 24.2 Å². The highest BCUT2D eigenvalue weighted by molar-refractivity contribution is 5.87. The van der Waals surface area contributed by atoms with Crippen LogP contribution in [0.1, 0.15) is 66.2 Å². The van der Waals surface area contributed by atoms with Crippen molar-refractivity contribution in [2.75, 3.05) is 20.2 Å². The van der Waals surface area contributed by atoms with Crippen LogP contribution in [0.3, 0.4) is 0 Å². The lowest BCUT2D eigenvalue weighted by atomic mass is 9.92. The van der Waals surface area contributed by atoms with Gasteiger partial charge in [0.2, 0.25) is 11.8 Å². The minimum atomic E-state index is -1.01. The first kappa shape index (κ1) is 37.5. The highest BCUT2D eigenvalue weighted by atomic mass is 16.5. The van der Waals surface area contributed by atoms with Crippen molar-refractivity contribution in [2.24, 2.45) is 5.92 Å². The lowest BCUT2D eigenvalue weighted by Gasteiger charge is -2.32. The van der Waals surface area contributed by atoms with Crippen molar-refractivity contribution in [1.29, 1.82) is 0 Å². The number of aliphatic hydroxyl groups excluding tert-OH is 1. The van der Waals surface area contributed by atoms with Crippen LogP contribution < -0.4 is 16.0 Å². The molecule has 4 amide bonds. The molecule has 45 heavy (non-hydrogen) atoms. The SMILES string of the molecule is C=C/C=C\C(=C)C[C@H](NC(=O)COC1C(C)=CC=CC1C)[C@@H](O)C[C@H](CC1=CCCC=C1)NC(=O)[C@H](CC)N(C)C(=O)NCC. The van der Waals surface area contributed by atoms with Gasteiger partial charge in [0.1, 0.15) is 12.6 Å². The predicted molar refractivity (Wildman–Crippen MR) is 181 cm³/mol. The number of allylic oxidation sites excluding steroid dienone is 8. The summed E-state index contributed by atoms with van der Waals surface area (Å²) in [5, 5.41) is 20.4. The fraction of sp³-hybridized carbons (Fsp3) is 0.528. The molecule has 2 aliphatic carbocycles. The molecule has 0 radical (unpaired) electrons. The minimum Gasteiger partial charge on any atom is -0.391 e. The van der Waals surface area contributed by atoms with Crippen molar-refractivity contribution in [1.82, 2.24) is 20.9 Å². The number of nitrogens with one attached hydrogen (secondary N) is 3. The van der Waals surface area contributed by atoms with E-state index in [2.05, 4.69) is 41.3 Å². The number of nitrogens with zero attached hydrogens (tertiary/aromatic N) is 1. The Labute approximate surface area is 269 Å². The zero-order valence-corrected chi connectivity index (χ0v) is 27.8. The van der Waals surface area contributed by atoms with Gasteiger partial charge in [0.05, 0.1) is 18.2 Å². The van der Waals surface area contributed by atoms with Crippen LogP contribution in [0.4, 0.5) is 4.79 Å². The third-order valence-corrected chi connectivity index (χ3v) is 8.09. The van der Waals surface area contributed by atoms with Crippen molar-refractivity contribution in [3.05, 3.63) is 84.6 Å². The van der Waals surface area contributed by atoms with Crippen molar-refractivity contribution in [3.8, 4) is 0 Å². The summed E-state index contributed by atoms with van der Waals surface area (Å²) in [7, 11) is 1.60. The third-order valence-electron chi connectivity index (χ3n) is 8.09. The maximum atomic E-state index is 13.5. The van der Waals surface area contributed by atoms with E-state index >= 15 is 0 Å². The Hall–Kier alpha value is -3.69. The standard InChI is InChI=1S/C36H54N4O5/c1-8-11-16-25(4)21-30(39-33(42)24-45-34-26(5)17-15-18-27(34)6)32(41)23-29(22-28-19-13-12-14-20-28)38-35(43)31(9-2)40(7)36(44)37-10-3/h8,11,13,15-20,26,29-32,34,41H,1,4,9-10,12,14,21-24H2,2-3,5-7H3,(H,37,44)(H,38,43)(H,39,42)/b16-11-/t26?,29-,30-,31-,32-,34?/m0/s1. The van der Waals surface area contributed by atoms with Crippen molar-refractivity contribution in [3.63, 3.8) is 0 Å². The van der Waals surface area contributed by atoms with E-state index in [9.17, 15) is 19.5 Å². The van der Waals surface area contributed by atoms with E-state index in [0.717, 1.165) is 24.0 Å². The number of carbonyl (C=O) groups is 3. The highest BCUT2D eigenvalue weighted by Gasteiger charge is 2.31. The summed E-state index contributed by atoms with van der Waals surface area (Å²) >= 11 is 0. The summed E-state index contributed by atoms with van der Waals surface area (Å²) in [5.74, 6) is -0.503. The van der Waals surface area contributed by atoms with Crippen LogP contribution in [0, 0.1) is 5.92 Å². The average molecular weight is 623 g/mol. The van der Waals surface area contributed by atoms with Crippen molar-refractivity contribution in [2.45, 2.75) is 96.6 Å². The molecule has 0 aromatic rings. The van der Waals surface area contributed by atoms with Gasteiger partial charge in [-0.15, -0.1) is 0 Å². The Morgan fingerprint density at radius 1 is 1.22 bits per heavy atom. The van der Waals surface area contributed by atoms with Gasteiger partial charge in [0.25, 0.3) is 0 Å². The highest BCUT2D eigenvalue weighted by Crippen LogP contribution is 2.23. The second-order valence-corrected chi connectivity index (χ2v) is 11.9. The first-order valence-corrected chi connectivity index (χ1v) is 16.1. The largest absolute Gasteiger partial charge is 0.391 e. The fourth-order valence-electron chi connectivity index (χ4n) is 5.63. The van der Waals surface area contributed by atoms with Crippen LogP contribution in [-0.4, -0.2) is 78.4 Å². The van der Waals surface area contributed by atoms with E-state index in [0.29, 0.717) is 31.4 Å². The van der Waals surface area contributed by atoms with Crippen LogP contribution in [0.25, 0.3) is 0 Å². The second kappa shape index (κ2) is 19.6. The van der Waals surface area contributed by atoms with Gasteiger partial charge in [-0.2, -0.15) is 0 Å². The lowest BCUT2D eigenvalue weighted by Crippen LogP contribution is -2.54. The van der Waals surface area contributed by atoms with Gasteiger partial charge in [0.15, 0.2) is 0 Å². The van der Waals surface area contributed by atoms with E-state index in [-0.39, 0.29) is 42.9 Å². The number of ether oxygens (including phenoxy) is 1. The normalized spacial score (nSPS) is 20.3. The number of rotatable bonds is 18. The Kier molecular flexibility index (Phi) is 16.4. The molecular weight excluding hydrogens is 568 g/mol. The number of hydrogen-bond donors (Lipinski definition) is 4. The van der Waals surface area contributed by atoms with E-state index in [1.165, 1.54) is 4.90 Å². The molecule has 0 aromatic heterocycles. The summed E-state index contributed by atoms with van der Waals surface area (Å²) in [6, 6.07) is -2.14. The molecule has 0 saturated heterocycles. The molecule has 0 saturated carbocycles. The zero-order valence-electron chi connectivity index (χ0n) is 27.8. The topological polar surface area (TPSA) is 120 Å². The summed E-state index contributed by atoms with van der Waals surface area (Å²) in [5.41, 5.74) is 2.82. The molecule has 6 atom stereocenters. The molecule has 0 fully saturated rings. The predicted octanol–water partition coefficient (Wildman–Crippen LogP) is 5.04. The maximum Gasteiger partial charge on any atom is 0.317 e. The van der Waals surface area contributed by atoms with Gasteiger partial charge in [-0.1, -0.05) is 92.8 Å². The number of aliphatic hydroxyl groups is 1. The maximum absolute atomic E-state index is 13.5. The lowest BCUT2D eigenvalue weighted by molar-refractivity contribution is -0.129. The van der Waals surface area contributed by atoms with Crippen molar-refractivity contribution >= 4 is 17.8 Å². The second-order valence-electron chi connectivity index (χ2n) is 11.9. The molecule has 0 bridgehead atoms. The smallest absolute Gasteiger partial charge is 0.317 e. The summed E-state index contributed by atoms with van der Waals surface area (Å²) in [4.78, 5) is 40.5. The summed E-state index contributed by atoms with van der Waals surface area (Å²) in [6.45, 7) is 15.8. The van der Waals surface area contributed by atoms with Crippen LogP contribution >= 0.6 is 0 Å². The fourth-order valence-corrected chi connectivity index (χ4v) is 5.63. The Morgan fingerprint density at radius 2 is 1.98 bits per heavy atom. The average Bonchev–Trinajstić information content (AvgIpc) is 3.00. The number of carbonyl (C=O) groups excluding carboxylic acids is 3. The van der Waals surface area contributed by atoms with Gasteiger partial charge in [-0.25, -0.2) is 4.79 Å². The molecule has 9 heteroatoms. The van der Waals surface area contributed by atoms with Crippen LogP contribution in [0.15, 0.2) is 84.6 Å². The molecule has 9 nitrogen and oxygen atoms in total. The number of hydrogen-bond acceptors (Lipinski definition) is 5. The molecule has 0 aliphatic heterocycles. The molecule has 248 valence electrons. The third kappa shape index (κ3) is 12.7. The van der Waals surface area contributed by atoms with Gasteiger partial charge in [-0.05, 0) is 57.9 Å². The summed E-state index contributed by atoms with van der Waals surface area (Å²) in [6.07, 6.45) is 19.5. The monoisotopic (exact) mass is 622 g/mol. The van der Waals surface area contributed by atoms with Crippen LogP contribution in [0.2, 0.25) is 0 Å². The van der Waals surface area contributed by atoms with E-state index in [1.54, 1.807) is 25.3 Å². The van der Waals surface area contributed by atoms with E-state index in [1.807, 2.05) is 52.0 Å². The quantitative estimate of drug-likeness (QED) is 0.160. The number of urea groups is 1. The van der Waals surface area contributed by atoms with Gasteiger partial charge in [0, 0.05) is 25.6 Å². The zero-order chi connectivity index (χ0) is 33.4. The van der Waals surface area contributed by atoms with Crippen LogP contribution in [-0.2, 0) is 14.3 Å². The van der Waals surface area contributed by atoms with Gasteiger partial charge < -0.3 is 30.7 Å². The minimum absolute atomic E-state index is 0.138. The molecule has 2 unspecified atom stereocenters. The molecule has 2 rings (SSSR count).